The van der Waals surface area contributed by atoms with Crippen LogP contribution in [0.2, 0.25) is 0 Å². The summed E-state index contributed by atoms with van der Waals surface area (Å²) >= 11 is 0. The van der Waals surface area contributed by atoms with E-state index in [-0.39, 0.29) is 6.04 Å². The van der Waals surface area contributed by atoms with Crippen molar-refractivity contribution in [3.8, 4) is 0 Å². The molecule has 1 aliphatic heterocycles. The molecule has 14 heavy (non-hydrogen) atoms. The molecule has 1 N–H and O–H groups in total. The smallest absolute Gasteiger partial charge is 0.163 e. The summed E-state index contributed by atoms with van der Waals surface area (Å²) < 4.78 is 26.5. The molecule has 1 aromatic rings. The molecular formula is C11H13F2N. The van der Waals surface area contributed by atoms with E-state index in [4.69, 9.17) is 0 Å². The summed E-state index contributed by atoms with van der Waals surface area (Å²) in [5, 5.41) is 3.19. The summed E-state index contributed by atoms with van der Waals surface area (Å²) in [6, 6.07) is 2.87. The van der Waals surface area contributed by atoms with E-state index in [0.29, 0.717) is 5.56 Å². The molecule has 0 radical (unpaired) electrons. The lowest BCUT2D eigenvalue weighted by atomic mass is 9.92. The molecule has 1 nitrogen and oxygen atoms in total. The van der Waals surface area contributed by atoms with Crippen molar-refractivity contribution >= 4 is 0 Å². The highest BCUT2D eigenvalue weighted by Crippen LogP contribution is 2.28. The van der Waals surface area contributed by atoms with Gasteiger partial charge in [0, 0.05) is 11.6 Å². The first-order valence-corrected chi connectivity index (χ1v) is 4.94. The Labute approximate surface area is 82.1 Å². The molecule has 2 rings (SSSR count). The molecule has 1 aliphatic rings. The molecule has 3 heteroatoms. The predicted molar refractivity (Wildman–Crippen MR) is 51.1 cm³/mol. The van der Waals surface area contributed by atoms with Crippen LogP contribution in [0.15, 0.2) is 12.1 Å². The van der Waals surface area contributed by atoms with Crippen molar-refractivity contribution in [3.63, 3.8) is 0 Å². The third kappa shape index (κ3) is 1.42. The van der Waals surface area contributed by atoms with Gasteiger partial charge in [-0.2, -0.15) is 0 Å². The topological polar surface area (TPSA) is 12.0 Å². The molecule has 0 aromatic heterocycles. The van der Waals surface area contributed by atoms with Gasteiger partial charge in [-0.15, -0.1) is 0 Å². The molecule has 0 fully saturated rings. The number of hydrogen-bond donors (Lipinski definition) is 1. The first-order chi connectivity index (χ1) is 6.74. The Morgan fingerprint density at radius 1 is 1.43 bits per heavy atom. The Morgan fingerprint density at radius 2 is 2.21 bits per heavy atom. The number of rotatable bonds is 1. The monoisotopic (exact) mass is 197 g/mol. The van der Waals surface area contributed by atoms with Crippen LogP contribution < -0.4 is 5.32 Å². The van der Waals surface area contributed by atoms with E-state index < -0.39 is 11.6 Å². The van der Waals surface area contributed by atoms with E-state index in [0.717, 1.165) is 24.9 Å². The van der Waals surface area contributed by atoms with E-state index in [1.807, 2.05) is 6.92 Å². The van der Waals surface area contributed by atoms with Gasteiger partial charge in [-0.05, 0) is 31.0 Å². The zero-order valence-corrected chi connectivity index (χ0v) is 8.11. The summed E-state index contributed by atoms with van der Waals surface area (Å²) in [6.45, 7) is 2.81. The van der Waals surface area contributed by atoms with E-state index in [9.17, 15) is 8.78 Å². The third-order valence-electron chi connectivity index (χ3n) is 2.76. The number of halogens is 2. The molecule has 1 atom stereocenters. The lowest BCUT2D eigenvalue weighted by molar-refractivity contribution is 0.434. The number of nitrogens with one attached hydrogen (secondary N) is 1. The van der Waals surface area contributed by atoms with Crippen molar-refractivity contribution < 1.29 is 8.78 Å². The maximum absolute atomic E-state index is 13.5. The molecule has 0 aliphatic carbocycles. The van der Waals surface area contributed by atoms with E-state index >= 15 is 0 Å². The summed E-state index contributed by atoms with van der Waals surface area (Å²) in [4.78, 5) is 0. The molecule has 0 spiro atoms. The normalized spacial score (nSPS) is 20.6. The van der Waals surface area contributed by atoms with Crippen LogP contribution >= 0.6 is 0 Å². The van der Waals surface area contributed by atoms with Crippen LogP contribution in [0.25, 0.3) is 0 Å². The van der Waals surface area contributed by atoms with Gasteiger partial charge in [0.05, 0.1) is 0 Å². The minimum Gasteiger partial charge on any atom is -0.310 e. The fraction of sp³-hybridized carbons (Fsp3) is 0.455. The molecule has 0 saturated carbocycles. The van der Waals surface area contributed by atoms with Gasteiger partial charge in [-0.25, -0.2) is 8.78 Å². The van der Waals surface area contributed by atoms with Crippen molar-refractivity contribution in [2.24, 2.45) is 0 Å². The second-order valence-electron chi connectivity index (χ2n) is 3.60. The number of benzene rings is 1. The van der Waals surface area contributed by atoms with Gasteiger partial charge >= 0.3 is 0 Å². The predicted octanol–water partition coefficient (Wildman–Crippen LogP) is 2.56. The SMILES string of the molecule is CCC1NCCc2ccc(F)c(F)c21. The summed E-state index contributed by atoms with van der Waals surface area (Å²) in [6.07, 6.45) is 1.57. The van der Waals surface area contributed by atoms with Crippen molar-refractivity contribution in [2.75, 3.05) is 6.54 Å². The second kappa shape index (κ2) is 3.65. The van der Waals surface area contributed by atoms with Crippen LogP contribution in [0, 0.1) is 11.6 Å². The molecule has 1 heterocycles. The van der Waals surface area contributed by atoms with Gasteiger partial charge in [0.25, 0.3) is 0 Å². The van der Waals surface area contributed by atoms with Gasteiger partial charge in [-0.1, -0.05) is 13.0 Å². The molecule has 1 unspecified atom stereocenters. The van der Waals surface area contributed by atoms with Gasteiger partial charge in [0.1, 0.15) is 0 Å². The highest BCUT2D eigenvalue weighted by molar-refractivity contribution is 5.34. The Balaban J connectivity index is 2.53. The fourth-order valence-corrected chi connectivity index (χ4v) is 2.03. The van der Waals surface area contributed by atoms with Crippen LogP contribution in [0.3, 0.4) is 0 Å². The number of fused-ring (bicyclic) bond motifs is 1. The average Bonchev–Trinajstić information content (AvgIpc) is 2.23. The Hall–Kier alpha value is -0.960. The Bertz CT molecular complexity index is 349. The minimum atomic E-state index is -0.745. The summed E-state index contributed by atoms with van der Waals surface area (Å²) in [5.74, 6) is -1.42. The maximum atomic E-state index is 13.5. The van der Waals surface area contributed by atoms with Crippen molar-refractivity contribution in [3.05, 3.63) is 34.9 Å². The lowest BCUT2D eigenvalue weighted by Crippen LogP contribution is -2.30. The van der Waals surface area contributed by atoms with Crippen molar-refractivity contribution in [1.82, 2.24) is 5.32 Å². The molecule has 0 saturated heterocycles. The van der Waals surface area contributed by atoms with Crippen molar-refractivity contribution in [1.29, 1.82) is 0 Å². The van der Waals surface area contributed by atoms with Gasteiger partial charge < -0.3 is 5.32 Å². The largest absolute Gasteiger partial charge is 0.310 e. The molecule has 0 amide bonds. The van der Waals surface area contributed by atoms with E-state index in [2.05, 4.69) is 5.32 Å². The fourth-order valence-electron chi connectivity index (χ4n) is 2.03. The maximum Gasteiger partial charge on any atom is 0.163 e. The average molecular weight is 197 g/mol. The number of hydrogen-bond acceptors (Lipinski definition) is 1. The first-order valence-electron chi connectivity index (χ1n) is 4.94. The Morgan fingerprint density at radius 3 is 2.93 bits per heavy atom. The van der Waals surface area contributed by atoms with Crippen LogP contribution in [-0.2, 0) is 6.42 Å². The van der Waals surface area contributed by atoms with Gasteiger partial charge in [0.15, 0.2) is 11.6 Å². The zero-order chi connectivity index (χ0) is 10.1. The quantitative estimate of drug-likeness (QED) is 0.729. The first kappa shape index (κ1) is 9.59. The van der Waals surface area contributed by atoms with Gasteiger partial charge in [-0.3, -0.25) is 0 Å². The minimum absolute atomic E-state index is 0.0329. The summed E-state index contributed by atoms with van der Waals surface area (Å²) in [7, 11) is 0. The van der Waals surface area contributed by atoms with Crippen LogP contribution in [0.1, 0.15) is 30.5 Å². The lowest BCUT2D eigenvalue weighted by Gasteiger charge is -2.26. The highest BCUT2D eigenvalue weighted by atomic mass is 19.2. The molecule has 76 valence electrons. The third-order valence-corrected chi connectivity index (χ3v) is 2.76. The molecule has 0 bridgehead atoms. The van der Waals surface area contributed by atoms with Crippen LogP contribution in [-0.4, -0.2) is 6.54 Å². The second-order valence-corrected chi connectivity index (χ2v) is 3.60. The highest BCUT2D eigenvalue weighted by Gasteiger charge is 2.23. The zero-order valence-electron chi connectivity index (χ0n) is 8.11. The van der Waals surface area contributed by atoms with E-state index in [1.165, 1.54) is 6.07 Å². The molecule has 1 aromatic carbocycles. The Kier molecular flexibility index (Phi) is 2.50. The van der Waals surface area contributed by atoms with Gasteiger partial charge in [0.2, 0.25) is 0 Å². The molecular weight excluding hydrogens is 184 g/mol. The van der Waals surface area contributed by atoms with Crippen LogP contribution in [0.5, 0.6) is 0 Å². The van der Waals surface area contributed by atoms with Crippen LogP contribution in [0.4, 0.5) is 8.78 Å². The van der Waals surface area contributed by atoms with E-state index in [1.54, 1.807) is 6.07 Å². The summed E-state index contributed by atoms with van der Waals surface area (Å²) in [5.41, 5.74) is 1.47. The van der Waals surface area contributed by atoms with Crippen molar-refractivity contribution in [2.45, 2.75) is 25.8 Å². The standard InChI is InChI=1S/C11H13F2N/c1-2-9-10-7(5-6-14-9)3-4-8(12)11(10)13/h3-4,9,14H,2,5-6H2,1H3.